The number of hydrogen-bond acceptors (Lipinski definition) is 3. The number of hydrogen-bond donors (Lipinski definition) is 1. The van der Waals surface area contributed by atoms with E-state index in [9.17, 15) is 4.79 Å². The zero-order chi connectivity index (χ0) is 11.3. The maximum atomic E-state index is 11.8. The summed E-state index contributed by atoms with van der Waals surface area (Å²) < 4.78 is 0. The molecular weight excluding hydrogens is 226 g/mol. The zero-order valence-electron chi connectivity index (χ0n) is 9.14. The number of thiophene rings is 1. The first-order chi connectivity index (χ1) is 7.15. The molecule has 1 aromatic rings. The summed E-state index contributed by atoms with van der Waals surface area (Å²) in [5.41, 5.74) is 0. The van der Waals surface area contributed by atoms with Crippen LogP contribution in [0.1, 0.15) is 25.1 Å². The van der Waals surface area contributed by atoms with Gasteiger partial charge in [-0.2, -0.15) is 12.6 Å². The average molecular weight is 243 g/mol. The summed E-state index contributed by atoms with van der Waals surface area (Å²) >= 11 is 5.78. The summed E-state index contributed by atoms with van der Waals surface area (Å²) in [6, 6.07) is 4.33. The van der Waals surface area contributed by atoms with Gasteiger partial charge in [0.15, 0.2) is 0 Å². The second-order valence-corrected chi connectivity index (χ2v) is 5.15. The Morgan fingerprint density at radius 2 is 2.33 bits per heavy atom. The molecule has 0 atom stereocenters. The molecule has 0 spiro atoms. The largest absolute Gasteiger partial charge is 0.335 e. The third-order valence-corrected chi connectivity index (χ3v) is 3.26. The molecule has 0 radical (unpaired) electrons. The van der Waals surface area contributed by atoms with Crippen molar-refractivity contribution >= 4 is 29.9 Å². The fraction of sp³-hybridized carbons (Fsp3) is 0.545. The number of nitrogens with zero attached hydrogens (tertiary/aromatic N) is 1. The Bertz CT molecular complexity index is 296. The molecule has 0 fully saturated rings. The van der Waals surface area contributed by atoms with Crippen molar-refractivity contribution < 1.29 is 4.79 Å². The van der Waals surface area contributed by atoms with E-state index >= 15 is 0 Å². The van der Waals surface area contributed by atoms with Crippen LogP contribution in [0.3, 0.4) is 0 Å². The zero-order valence-corrected chi connectivity index (χ0v) is 10.9. The third kappa shape index (κ3) is 3.87. The third-order valence-electron chi connectivity index (χ3n) is 2.18. The van der Waals surface area contributed by atoms with Crippen molar-refractivity contribution in [1.82, 2.24) is 4.90 Å². The molecule has 1 rings (SSSR count). The Balaban J connectivity index is 2.62. The van der Waals surface area contributed by atoms with Gasteiger partial charge in [-0.1, -0.05) is 6.07 Å². The van der Waals surface area contributed by atoms with Gasteiger partial charge in [0.2, 0.25) is 5.91 Å². The minimum absolute atomic E-state index is 0.188. The van der Waals surface area contributed by atoms with Crippen LogP contribution in [0.25, 0.3) is 0 Å². The number of amides is 1. The summed E-state index contributed by atoms with van der Waals surface area (Å²) in [5.74, 6) is 0.806. The molecule has 1 amide bonds. The molecule has 0 saturated carbocycles. The van der Waals surface area contributed by atoms with Crippen LogP contribution in [0, 0.1) is 0 Å². The van der Waals surface area contributed by atoms with Gasteiger partial charge in [-0.15, -0.1) is 11.3 Å². The lowest BCUT2D eigenvalue weighted by Gasteiger charge is -2.26. The van der Waals surface area contributed by atoms with Crippen LogP contribution in [0.5, 0.6) is 0 Å². The Morgan fingerprint density at radius 1 is 1.60 bits per heavy atom. The van der Waals surface area contributed by atoms with E-state index in [0.29, 0.717) is 12.2 Å². The van der Waals surface area contributed by atoms with Crippen molar-refractivity contribution in [3.63, 3.8) is 0 Å². The predicted molar refractivity (Wildman–Crippen MR) is 68.5 cm³/mol. The van der Waals surface area contributed by atoms with Gasteiger partial charge in [-0.25, -0.2) is 0 Å². The highest BCUT2D eigenvalue weighted by molar-refractivity contribution is 7.80. The van der Waals surface area contributed by atoms with Crippen LogP contribution in [-0.4, -0.2) is 22.6 Å². The van der Waals surface area contributed by atoms with Crippen molar-refractivity contribution in [3.05, 3.63) is 22.4 Å². The Kier molecular flexibility index (Phi) is 5.19. The first-order valence-corrected chi connectivity index (χ1v) is 6.59. The summed E-state index contributed by atoms with van der Waals surface area (Å²) in [6.45, 7) is 4.82. The Labute approximate surface area is 101 Å². The van der Waals surface area contributed by atoms with E-state index in [4.69, 9.17) is 0 Å². The molecule has 0 saturated heterocycles. The van der Waals surface area contributed by atoms with Crippen LogP contribution in [0.2, 0.25) is 0 Å². The van der Waals surface area contributed by atoms with Gasteiger partial charge < -0.3 is 4.90 Å². The maximum Gasteiger partial charge on any atom is 0.223 e. The SMILES string of the molecule is CC(C)N(Cc1cccs1)C(=O)CCS. The standard InChI is InChI=1S/C11H17NOS2/c1-9(2)12(11(13)5-6-14)8-10-4-3-7-15-10/h3-4,7,9,14H,5-6,8H2,1-2H3. The van der Waals surface area contributed by atoms with Crippen molar-refractivity contribution in [2.45, 2.75) is 32.9 Å². The lowest BCUT2D eigenvalue weighted by molar-refractivity contribution is -0.133. The molecule has 0 bridgehead atoms. The predicted octanol–water partition coefficient (Wildman–Crippen LogP) is 2.81. The first kappa shape index (κ1) is 12.6. The minimum atomic E-state index is 0.188. The Hall–Kier alpha value is -0.480. The molecule has 0 aromatic carbocycles. The van der Waals surface area contributed by atoms with Crippen molar-refractivity contribution in [2.24, 2.45) is 0 Å². The lowest BCUT2D eigenvalue weighted by atomic mass is 10.2. The molecule has 84 valence electrons. The van der Waals surface area contributed by atoms with Gasteiger partial charge in [-0.05, 0) is 31.0 Å². The van der Waals surface area contributed by atoms with Gasteiger partial charge >= 0.3 is 0 Å². The minimum Gasteiger partial charge on any atom is -0.335 e. The Morgan fingerprint density at radius 3 is 2.80 bits per heavy atom. The molecule has 1 heterocycles. The summed E-state index contributed by atoms with van der Waals surface area (Å²) in [7, 11) is 0. The highest BCUT2D eigenvalue weighted by Crippen LogP contribution is 2.14. The number of rotatable bonds is 5. The van der Waals surface area contributed by atoms with E-state index < -0.39 is 0 Å². The van der Waals surface area contributed by atoms with Gasteiger partial charge in [0.1, 0.15) is 0 Å². The van der Waals surface area contributed by atoms with Crippen LogP contribution in [0.15, 0.2) is 17.5 Å². The number of carbonyl (C=O) groups excluding carboxylic acids is 1. The molecule has 0 aliphatic heterocycles. The fourth-order valence-corrected chi connectivity index (χ4v) is 2.26. The van der Waals surface area contributed by atoms with Gasteiger partial charge in [0.05, 0.1) is 6.54 Å². The van der Waals surface area contributed by atoms with Gasteiger partial charge in [-0.3, -0.25) is 4.79 Å². The molecule has 15 heavy (non-hydrogen) atoms. The van der Waals surface area contributed by atoms with E-state index in [0.717, 1.165) is 6.54 Å². The second-order valence-electron chi connectivity index (χ2n) is 3.67. The maximum absolute atomic E-state index is 11.8. The number of carbonyl (C=O) groups is 1. The topological polar surface area (TPSA) is 20.3 Å². The van der Waals surface area contributed by atoms with Crippen LogP contribution in [0.4, 0.5) is 0 Å². The quantitative estimate of drug-likeness (QED) is 0.789. The molecule has 1 aromatic heterocycles. The molecule has 0 aliphatic carbocycles. The van der Waals surface area contributed by atoms with Crippen LogP contribution >= 0.6 is 24.0 Å². The van der Waals surface area contributed by atoms with Crippen molar-refractivity contribution in [3.8, 4) is 0 Å². The normalized spacial score (nSPS) is 10.7. The average Bonchev–Trinajstić information content (AvgIpc) is 2.66. The van der Waals surface area contributed by atoms with E-state index in [1.54, 1.807) is 11.3 Å². The van der Waals surface area contributed by atoms with E-state index in [1.165, 1.54) is 4.88 Å². The second kappa shape index (κ2) is 6.18. The highest BCUT2D eigenvalue weighted by atomic mass is 32.1. The number of thiol groups is 1. The van der Waals surface area contributed by atoms with Crippen molar-refractivity contribution in [1.29, 1.82) is 0 Å². The molecule has 0 unspecified atom stereocenters. The fourth-order valence-electron chi connectivity index (χ4n) is 1.37. The van der Waals surface area contributed by atoms with Crippen LogP contribution < -0.4 is 0 Å². The molecule has 2 nitrogen and oxygen atoms in total. The summed E-state index contributed by atoms with van der Waals surface area (Å²) in [4.78, 5) is 14.9. The molecule has 0 aliphatic rings. The molecule has 0 N–H and O–H groups in total. The van der Waals surface area contributed by atoms with Gasteiger partial charge in [0.25, 0.3) is 0 Å². The molecule has 4 heteroatoms. The van der Waals surface area contributed by atoms with E-state index in [-0.39, 0.29) is 11.9 Å². The first-order valence-electron chi connectivity index (χ1n) is 5.08. The van der Waals surface area contributed by atoms with Crippen LogP contribution in [-0.2, 0) is 11.3 Å². The highest BCUT2D eigenvalue weighted by Gasteiger charge is 2.16. The monoisotopic (exact) mass is 243 g/mol. The molecular formula is C11H17NOS2. The smallest absolute Gasteiger partial charge is 0.223 e. The summed E-state index contributed by atoms with van der Waals surface area (Å²) in [6.07, 6.45) is 0.521. The summed E-state index contributed by atoms with van der Waals surface area (Å²) in [5, 5.41) is 2.04. The van der Waals surface area contributed by atoms with E-state index in [1.807, 2.05) is 30.2 Å². The van der Waals surface area contributed by atoms with Crippen molar-refractivity contribution in [2.75, 3.05) is 5.75 Å². The van der Waals surface area contributed by atoms with E-state index in [2.05, 4.69) is 18.7 Å². The lowest BCUT2D eigenvalue weighted by Crippen LogP contribution is -2.36. The van der Waals surface area contributed by atoms with Gasteiger partial charge in [0, 0.05) is 17.3 Å².